The fourth-order valence-electron chi connectivity index (χ4n) is 5.52. The van der Waals surface area contributed by atoms with E-state index in [4.69, 9.17) is 4.42 Å². The van der Waals surface area contributed by atoms with Crippen molar-refractivity contribution in [2.75, 3.05) is 0 Å². The number of amides is 2. The minimum atomic E-state index is -0.467. The molecule has 0 spiro atoms. The number of imide groups is 1. The van der Waals surface area contributed by atoms with Gasteiger partial charge in [-0.2, -0.15) is 10.1 Å². The lowest BCUT2D eigenvalue weighted by Gasteiger charge is -2.37. The first kappa shape index (κ1) is 17.3. The summed E-state index contributed by atoms with van der Waals surface area (Å²) in [6.07, 6.45) is 6.71. The van der Waals surface area contributed by atoms with Crippen LogP contribution in [-0.2, 0) is 9.59 Å². The number of non-ortho nitro benzene ring substituents is 1. The molecule has 2 saturated carbocycles. The number of nitrogens with zero attached hydrogens (tertiary/aromatic N) is 3. The molecule has 1 aliphatic heterocycles. The van der Waals surface area contributed by atoms with E-state index in [0.29, 0.717) is 28.9 Å². The number of hydrogen-bond acceptors (Lipinski definition) is 6. The third-order valence-electron chi connectivity index (χ3n) is 6.91. The quantitative estimate of drug-likeness (QED) is 0.256. The molecule has 2 aromatic rings. The molecule has 2 heterocycles. The molecular formula is C22H17N3O5. The molecule has 5 aliphatic rings. The maximum Gasteiger partial charge on any atom is 0.270 e. The highest BCUT2D eigenvalue weighted by Gasteiger charge is 2.67. The number of rotatable bonds is 4. The standard InChI is InChI=1S/C22H17N3O5/c26-21-19-14-5-6-15(17-9-16(14)17)20(19)22(27)24(21)23-10-13-4-7-18(30-13)11-2-1-3-12(8-11)25(28)29/h1-8,10,14-17,19-20H,9H2/b23-10-/t14-,15+,16-,17-,19+,20+/m1/s1. The maximum absolute atomic E-state index is 12.9. The molecule has 2 amide bonds. The number of hydrazone groups is 1. The van der Waals surface area contributed by atoms with Crippen molar-refractivity contribution in [3.63, 3.8) is 0 Å². The Bertz CT molecular complexity index is 1130. The van der Waals surface area contributed by atoms with E-state index >= 15 is 0 Å². The molecule has 150 valence electrons. The normalized spacial score (nSPS) is 33.3. The predicted octanol–water partition coefficient (Wildman–Crippen LogP) is 3.24. The smallest absolute Gasteiger partial charge is 0.270 e. The summed E-state index contributed by atoms with van der Waals surface area (Å²) >= 11 is 0. The zero-order valence-corrected chi connectivity index (χ0v) is 15.8. The Morgan fingerprint density at radius 2 is 1.77 bits per heavy atom. The molecule has 1 aromatic carbocycles. The zero-order chi connectivity index (χ0) is 20.6. The van der Waals surface area contributed by atoms with Gasteiger partial charge < -0.3 is 4.42 Å². The van der Waals surface area contributed by atoms with Crippen LogP contribution in [0.2, 0.25) is 0 Å². The van der Waals surface area contributed by atoms with E-state index in [9.17, 15) is 19.7 Å². The monoisotopic (exact) mass is 403 g/mol. The number of nitro groups is 1. The van der Waals surface area contributed by atoms with Crippen LogP contribution in [0.5, 0.6) is 0 Å². The fourth-order valence-corrected chi connectivity index (χ4v) is 5.52. The van der Waals surface area contributed by atoms with Gasteiger partial charge in [-0.05, 0) is 42.2 Å². The summed E-state index contributed by atoms with van der Waals surface area (Å²) in [6.45, 7) is 0. The lowest BCUT2D eigenvalue weighted by Crippen LogP contribution is -2.40. The Morgan fingerprint density at radius 1 is 1.07 bits per heavy atom. The number of allylic oxidation sites excluding steroid dienone is 2. The van der Waals surface area contributed by atoms with Crippen molar-refractivity contribution in [2.45, 2.75) is 6.42 Å². The first-order valence-corrected chi connectivity index (χ1v) is 9.98. The van der Waals surface area contributed by atoms with Crippen LogP contribution in [0.25, 0.3) is 11.3 Å². The fraction of sp³-hybridized carbons (Fsp3) is 0.318. The Labute approximate surface area is 171 Å². The van der Waals surface area contributed by atoms with E-state index in [1.807, 2.05) is 0 Å². The van der Waals surface area contributed by atoms with E-state index in [1.54, 1.807) is 24.3 Å². The van der Waals surface area contributed by atoms with Gasteiger partial charge in [0.25, 0.3) is 17.5 Å². The summed E-state index contributed by atoms with van der Waals surface area (Å²) in [6, 6.07) is 9.44. The van der Waals surface area contributed by atoms with Crippen LogP contribution < -0.4 is 0 Å². The molecule has 0 N–H and O–H groups in total. The second-order valence-corrected chi connectivity index (χ2v) is 8.40. The zero-order valence-electron chi connectivity index (χ0n) is 15.8. The Kier molecular flexibility index (Phi) is 3.45. The summed E-state index contributed by atoms with van der Waals surface area (Å²) in [7, 11) is 0. The summed E-state index contributed by atoms with van der Waals surface area (Å²) in [4.78, 5) is 36.3. The van der Waals surface area contributed by atoms with Crippen molar-refractivity contribution in [1.29, 1.82) is 0 Å². The van der Waals surface area contributed by atoms with Gasteiger partial charge in [0, 0.05) is 17.7 Å². The first-order valence-electron chi connectivity index (χ1n) is 9.98. The Balaban J connectivity index is 1.24. The molecule has 1 aromatic heterocycles. The number of hydrogen-bond donors (Lipinski definition) is 0. The van der Waals surface area contributed by atoms with Crippen molar-refractivity contribution in [3.05, 3.63) is 64.4 Å². The molecule has 0 radical (unpaired) electrons. The van der Waals surface area contributed by atoms with Crippen molar-refractivity contribution in [2.24, 2.45) is 40.6 Å². The number of benzene rings is 1. The van der Waals surface area contributed by atoms with Gasteiger partial charge in [-0.15, -0.1) is 0 Å². The molecule has 3 fully saturated rings. The second-order valence-electron chi connectivity index (χ2n) is 8.40. The first-order chi connectivity index (χ1) is 14.5. The van der Waals surface area contributed by atoms with Crippen molar-refractivity contribution in [1.82, 2.24) is 5.01 Å². The average Bonchev–Trinajstić information content (AvgIpc) is 3.39. The van der Waals surface area contributed by atoms with Gasteiger partial charge in [0.15, 0.2) is 0 Å². The Hall–Kier alpha value is -3.55. The molecule has 2 bridgehead atoms. The SMILES string of the molecule is O=C1[C@H]2[C@@H]3C=C[C@@H]([C@H]4C[C@H]34)[C@@H]2C(=O)N1/N=C\c1ccc(-c2cccc([N+](=O)[O-])c2)o1. The summed E-state index contributed by atoms with van der Waals surface area (Å²) in [5.41, 5.74) is 0.529. The van der Waals surface area contributed by atoms with Crippen molar-refractivity contribution >= 4 is 23.7 Å². The van der Waals surface area contributed by atoms with Gasteiger partial charge in [0.1, 0.15) is 11.5 Å². The van der Waals surface area contributed by atoms with Gasteiger partial charge in [0.2, 0.25) is 0 Å². The van der Waals surface area contributed by atoms with E-state index in [0.717, 1.165) is 11.4 Å². The minimum absolute atomic E-state index is 0.0312. The second kappa shape index (κ2) is 5.98. The van der Waals surface area contributed by atoms with E-state index in [-0.39, 0.29) is 41.2 Å². The third-order valence-corrected chi connectivity index (χ3v) is 6.91. The molecule has 8 nitrogen and oxygen atoms in total. The molecule has 7 rings (SSSR count). The van der Waals surface area contributed by atoms with Crippen LogP contribution in [-0.4, -0.2) is 28.0 Å². The van der Waals surface area contributed by atoms with Crippen LogP contribution in [0.15, 0.2) is 58.1 Å². The lowest BCUT2D eigenvalue weighted by atomic mass is 9.63. The maximum atomic E-state index is 12.9. The summed E-state index contributed by atoms with van der Waals surface area (Å²) in [5, 5.41) is 16.1. The predicted molar refractivity (Wildman–Crippen MR) is 105 cm³/mol. The number of nitro benzene ring substituents is 1. The number of furan rings is 1. The van der Waals surface area contributed by atoms with Gasteiger partial charge in [-0.3, -0.25) is 19.7 Å². The average molecular weight is 403 g/mol. The number of carbonyl (C=O) groups excluding carboxylic acids is 2. The van der Waals surface area contributed by atoms with Crippen LogP contribution in [0.1, 0.15) is 12.2 Å². The van der Waals surface area contributed by atoms with Gasteiger partial charge >= 0.3 is 0 Å². The molecule has 0 unspecified atom stereocenters. The van der Waals surface area contributed by atoms with E-state index in [1.165, 1.54) is 18.3 Å². The van der Waals surface area contributed by atoms with Crippen LogP contribution >= 0.6 is 0 Å². The molecule has 6 atom stereocenters. The van der Waals surface area contributed by atoms with Crippen molar-refractivity contribution < 1.29 is 18.9 Å². The van der Waals surface area contributed by atoms with Crippen LogP contribution in [0, 0.1) is 45.6 Å². The highest BCUT2D eigenvalue weighted by Crippen LogP contribution is 2.65. The lowest BCUT2D eigenvalue weighted by molar-refractivity contribution is -0.384. The topological polar surface area (TPSA) is 106 Å². The van der Waals surface area contributed by atoms with Crippen molar-refractivity contribution in [3.8, 4) is 11.3 Å². The molecule has 30 heavy (non-hydrogen) atoms. The molecule has 4 aliphatic carbocycles. The number of carbonyl (C=O) groups is 2. The van der Waals surface area contributed by atoms with Gasteiger partial charge in [-0.1, -0.05) is 24.3 Å². The highest BCUT2D eigenvalue weighted by atomic mass is 16.6. The molecule has 1 saturated heterocycles. The van der Waals surface area contributed by atoms with Gasteiger partial charge in [0.05, 0.1) is 23.0 Å². The third kappa shape index (κ3) is 2.36. The highest BCUT2D eigenvalue weighted by molar-refractivity contribution is 6.06. The molecular weight excluding hydrogens is 386 g/mol. The Morgan fingerprint density at radius 3 is 2.43 bits per heavy atom. The van der Waals surface area contributed by atoms with Crippen LogP contribution in [0.4, 0.5) is 5.69 Å². The largest absolute Gasteiger partial charge is 0.455 e. The summed E-state index contributed by atoms with van der Waals surface area (Å²) in [5.74, 6) is 1.18. The van der Waals surface area contributed by atoms with E-state index in [2.05, 4.69) is 17.3 Å². The van der Waals surface area contributed by atoms with E-state index < -0.39 is 4.92 Å². The van der Waals surface area contributed by atoms with Gasteiger partial charge in [-0.25, -0.2) is 0 Å². The minimum Gasteiger partial charge on any atom is -0.455 e. The summed E-state index contributed by atoms with van der Waals surface area (Å²) < 4.78 is 5.70. The molecule has 8 heteroatoms. The van der Waals surface area contributed by atoms with Crippen LogP contribution in [0.3, 0.4) is 0 Å².